The minimum atomic E-state index is -0.385. The number of benzene rings is 1. The van der Waals surface area contributed by atoms with Gasteiger partial charge in [0, 0.05) is 10.0 Å². The summed E-state index contributed by atoms with van der Waals surface area (Å²) in [6, 6.07) is 5.38. The molecule has 2 N–H and O–H groups in total. The first kappa shape index (κ1) is 8.27. The summed E-state index contributed by atoms with van der Waals surface area (Å²) < 4.78 is 0.911. The first-order valence-electron chi connectivity index (χ1n) is 3.18. The Morgan fingerprint density at radius 3 is 2.64 bits per heavy atom. The Bertz CT molecular complexity index is 296. The molecular formula is C8H8BrNO. The molecule has 0 aliphatic carbocycles. The van der Waals surface area contributed by atoms with Gasteiger partial charge in [-0.25, -0.2) is 0 Å². The van der Waals surface area contributed by atoms with Crippen LogP contribution in [0, 0.1) is 6.92 Å². The van der Waals surface area contributed by atoms with Crippen molar-refractivity contribution in [2.24, 2.45) is 5.73 Å². The molecular weight excluding hydrogens is 206 g/mol. The van der Waals surface area contributed by atoms with Crippen LogP contribution < -0.4 is 5.73 Å². The lowest BCUT2D eigenvalue weighted by molar-refractivity contribution is 0.0999. The van der Waals surface area contributed by atoms with E-state index in [2.05, 4.69) is 15.9 Å². The summed E-state index contributed by atoms with van der Waals surface area (Å²) in [6.45, 7) is 1.85. The summed E-state index contributed by atoms with van der Waals surface area (Å²) in [5.41, 5.74) is 6.58. The van der Waals surface area contributed by atoms with Crippen molar-refractivity contribution in [3.63, 3.8) is 0 Å². The zero-order chi connectivity index (χ0) is 8.43. The highest BCUT2D eigenvalue weighted by Gasteiger charge is 2.05. The largest absolute Gasteiger partial charge is 0.366 e. The van der Waals surface area contributed by atoms with Crippen LogP contribution in [-0.4, -0.2) is 5.91 Å². The molecule has 0 bridgehead atoms. The van der Waals surface area contributed by atoms with Crippen LogP contribution in [0.15, 0.2) is 22.7 Å². The maximum Gasteiger partial charge on any atom is 0.249 e. The molecule has 0 unspecified atom stereocenters. The summed E-state index contributed by atoms with van der Waals surface area (Å²) in [7, 11) is 0. The van der Waals surface area contributed by atoms with Crippen molar-refractivity contribution in [2.45, 2.75) is 6.92 Å². The van der Waals surface area contributed by atoms with Crippen molar-refractivity contribution in [3.05, 3.63) is 33.8 Å². The van der Waals surface area contributed by atoms with Crippen LogP contribution in [0.2, 0.25) is 0 Å². The van der Waals surface area contributed by atoms with Gasteiger partial charge in [-0.2, -0.15) is 0 Å². The quantitative estimate of drug-likeness (QED) is 0.761. The highest BCUT2D eigenvalue weighted by Crippen LogP contribution is 2.18. The minimum absolute atomic E-state index is 0.385. The maximum atomic E-state index is 10.8. The monoisotopic (exact) mass is 213 g/mol. The summed E-state index contributed by atoms with van der Waals surface area (Å²) in [5.74, 6) is -0.385. The molecule has 2 nitrogen and oxygen atoms in total. The van der Waals surface area contributed by atoms with Crippen molar-refractivity contribution in [1.29, 1.82) is 0 Å². The van der Waals surface area contributed by atoms with E-state index in [4.69, 9.17) is 5.73 Å². The molecule has 1 amide bonds. The number of hydrogen-bond donors (Lipinski definition) is 1. The van der Waals surface area contributed by atoms with Crippen LogP contribution in [0.25, 0.3) is 0 Å². The predicted molar refractivity (Wildman–Crippen MR) is 47.4 cm³/mol. The second kappa shape index (κ2) is 3.05. The van der Waals surface area contributed by atoms with Gasteiger partial charge in [0.15, 0.2) is 0 Å². The SMILES string of the molecule is Cc1c(Br)cccc1C(N)=O. The van der Waals surface area contributed by atoms with Crippen molar-refractivity contribution in [2.75, 3.05) is 0 Å². The van der Waals surface area contributed by atoms with Crippen LogP contribution in [0.5, 0.6) is 0 Å². The molecule has 58 valence electrons. The molecule has 11 heavy (non-hydrogen) atoms. The first-order chi connectivity index (χ1) is 5.13. The van der Waals surface area contributed by atoms with Gasteiger partial charge in [-0.15, -0.1) is 0 Å². The Morgan fingerprint density at radius 1 is 1.55 bits per heavy atom. The fourth-order valence-corrected chi connectivity index (χ4v) is 1.24. The number of amides is 1. The number of carbonyl (C=O) groups excluding carboxylic acids is 1. The number of primary amides is 1. The van der Waals surface area contributed by atoms with E-state index in [1.807, 2.05) is 13.0 Å². The number of halogens is 1. The van der Waals surface area contributed by atoms with Gasteiger partial charge in [-0.1, -0.05) is 22.0 Å². The molecule has 0 fully saturated rings. The highest BCUT2D eigenvalue weighted by atomic mass is 79.9. The van der Waals surface area contributed by atoms with Gasteiger partial charge >= 0.3 is 0 Å². The average Bonchev–Trinajstić information content (AvgIpc) is 1.94. The Kier molecular flexibility index (Phi) is 2.29. The lowest BCUT2D eigenvalue weighted by atomic mass is 10.1. The summed E-state index contributed by atoms with van der Waals surface area (Å²) >= 11 is 3.31. The molecule has 1 aromatic rings. The van der Waals surface area contributed by atoms with Gasteiger partial charge in [0.25, 0.3) is 0 Å². The van der Waals surface area contributed by atoms with E-state index in [1.165, 1.54) is 0 Å². The van der Waals surface area contributed by atoms with Gasteiger partial charge < -0.3 is 5.73 Å². The molecule has 0 saturated heterocycles. The van der Waals surface area contributed by atoms with Gasteiger partial charge in [-0.05, 0) is 24.6 Å². The standard InChI is InChI=1S/C8H8BrNO/c1-5-6(8(10)11)3-2-4-7(5)9/h2-4H,1H3,(H2,10,11). The van der Waals surface area contributed by atoms with Crippen molar-refractivity contribution in [1.82, 2.24) is 0 Å². The normalized spacial score (nSPS) is 9.64. The molecule has 0 atom stereocenters. The van der Waals surface area contributed by atoms with Crippen molar-refractivity contribution in [3.8, 4) is 0 Å². The Morgan fingerprint density at radius 2 is 2.18 bits per heavy atom. The highest BCUT2D eigenvalue weighted by molar-refractivity contribution is 9.10. The topological polar surface area (TPSA) is 43.1 Å². The van der Waals surface area contributed by atoms with Gasteiger partial charge in [0.2, 0.25) is 5.91 Å². The van der Waals surface area contributed by atoms with Gasteiger partial charge in [-0.3, -0.25) is 4.79 Å². The first-order valence-corrected chi connectivity index (χ1v) is 3.97. The van der Waals surface area contributed by atoms with Crippen LogP contribution in [0.4, 0.5) is 0 Å². The zero-order valence-electron chi connectivity index (χ0n) is 6.10. The molecule has 0 saturated carbocycles. The predicted octanol–water partition coefficient (Wildman–Crippen LogP) is 1.86. The van der Waals surface area contributed by atoms with E-state index in [1.54, 1.807) is 12.1 Å². The van der Waals surface area contributed by atoms with Crippen molar-refractivity contribution < 1.29 is 4.79 Å². The smallest absolute Gasteiger partial charge is 0.249 e. The van der Waals surface area contributed by atoms with Crippen LogP contribution in [0.1, 0.15) is 15.9 Å². The maximum absolute atomic E-state index is 10.8. The number of hydrogen-bond acceptors (Lipinski definition) is 1. The number of rotatable bonds is 1. The van der Waals surface area contributed by atoms with Gasteiger partial charge in [0.05, 0.1) is 0 Å². The molecule has 1 aromatic carbocycles. The molecule has 0 aromatic heterocycles. The molecule has 0 radical (unpaired) electrons. The van der Waals surface area contributed by atoms with Crippen LogP contribution in [0.3, 0.4) is 0 Å². The zero-order valence-corrected chi connectivity index (χ0v) is 7.68. The van der Waals surface area contributed by atoms with E-state index in [9.17, 15) is 4.79 Å². The average molecular weight is 214 g/mol. The van der Waals surface area contributed by atoms with Crippen LogP contribution in [-0.2, 0) is 0 Å². The fourth-order valence-electron chi connectivity index (χ4n) is 0.874. The molecule has 1 rings (SSSR count). The lowest BCUT2D eigenvalue weighted by Crippen LogP contribution is -2.12. The third-order valence-corrected chi connectivity index (χ3v) is 2.39. The van der Waals surface area contributed by atoms with Gasteiger partial charge in [0.1, 0.15) is 0 Å². The third kappa shape index (κ3) is 1.60. The molecule has 0 aliphatic heterocycles. The molecule has 0 spiro atoms. The Hall–Kier alpha value is -0.830. The molecule has 0 aliphatic rings. The summed E-state index contributed by atoms with van der Waals surface area (Å²) in [4.78, 5) is 10.8. The van der Waals surface area contributed by atoms with Crippen LogP contribution >= 0.6 is 15.9 Å². The molecule has 3 heteroatoms. The Labute approximate surface area is 73.5 Å². The van der Waals surface area contributed by atoms with E-state index in [0.29, 0.717) is 5.56 Å². The van der Waals surface area contributed by atoms with Crippen molar-refractivity contribution >= 4 is 21.8 Å². The second-order valence-electron chi connectivity index (χ2n) is 2.28. The fraction of sp³-hybridized carbons (Fsp3) is 0.125. The second-order valence-corrected chi connectivity index (χ2v) is 3.13. The van der Waals surface area contributed by atoms with E-state index in [-0.39, 0.29) is 5.91 Å². The third-order valence-electron chi connectivity index (χ3n) is 1.53. The number of carbonyl (C=O) groups is 1. The Balaban J connectivity index is 3.27. The lowest BCUT2D eigenvalue weighted by Gasteiger charge is -2.01. The number of nitrogens with two attached hydrogens (primary N) is 1. The molecule has 0 heterocycles. The summed E-state index contributed by atoms with van der Waals surface area (Å²) in [5, 5.41) is 0. The van der Waals surface area contributed by atoms with E-state index >= 15 is 0 Å². The summed E-state index contributed by atoms with van der Waals surface area (Å²) in [6.07, 6.45) is 0. The van der Waals surface area contributed by atoms with E-state index in [0.717, 1.165) is 10.0 Å². The minimum Gasteiger partial charge on any atom is -0.366 e. The van der Waals surface area contributed by atoms with E-state index < -0.39 is 0 Å².